The van der Waals surface area contributed by atoms with Gasteiger partial charge in [0.05, 0.1) is 6.42 Å². The largest absolute Gasteiger partial charge is 0.302 e. The van der Waals surface area contributed by atoms with E-state index >= 15 is 0 Å². The molecule has 0 aliphatic rings. The second-order valence-electron chi connectivity index (χ2n) is 3.18. The summed E-state index contributed by atoms with van der Waals surface area (Å²) in [6, 6.07) is 0. The van der Waals surface area contributed by atoms with Crippen LogP contribution in [0.2, 0.25) is 0 Å². The summed E-state index contributed by atoms with van der Waals surface area (Å²) in [5.74, 6) is -0.449. The Morgan fingerprint density at radius 2 is 2.29 bits per heavy atom. The molecule has 0 radical (unpaired) electrons. The lowest BCUT2D eigenvalue weighted by molar-refractivity contribution is -0.127. The number of Topliss-reactive ketones (excluding diaryl/α,β-unsaturated/α-hetero) is 1. The van der Waals surface area contributed by atoms with Gasteiger partial charge in [-0.25, -0.2) is 4.98 Å². The summed E-state index contributed by atoms with van der Waals surface area (Å²) >= 11 is 1.33. The zero-order valence-electron chi connectivity index (χ0n) is 8.11. The normalized spacial score (nSPS) is 10.2. The zero-order valence-corrected chi connectivity index (χ0v) is 8.93. The molecule has 1 heterocycles. The smallest absolute Gasteiger partial charge is 0.233 e. The lowest BCUT2D eigenvalue weighted by atomic mass is 10.1. The molecule has 0 fully saturated rings. The molecule has 0 atom stereocenters. The molecular formula is C9H12N2O2S. The lowest BCUT2D eigenvalue weighted by Crippen LogP contribution is -2.19. The van der Waals surface area contributed by atoms with Gasteiger partial charge in [0, 0.05) is 17.5 Å². The van der Waals surface area contributed by atoms with Gasteiger partial charge in [0.2, 0.25) is 5.91 Å². The van der Waals surface area contributed by atoms with Crippen molar-refractivity contribution >= 4 is 28.2 Å². The summed E-state index contributed by atoms with van der Waals surface area (Å²) in [5, 5.41) is 4.85. The highest BCUT2D eigenvalue weighted by Crippen LogP contribution is 2.11. The molecule has 4 nitrogen and oxygen atoms in total. The summed E-state index contributed by atoms with van der Waals surface area (Å²) in [4.78, 5) is 26.3. The Balaban J connectivity index is 2.41. The van der Waals surface area contributed by atoms with Crippen LogP contribution in [0.1, 0.15) is 20.3 Å². The highest BCUT2D eigenvalue weighted by Gasteiger charge is 2.13. The van der Waals surface area contributed by atoms with E-state index in [9.17, 15) is 9.59 Å². The van der Waals surface area contributed by atoms with Gasteiger partial charge >= 0.3 is 0 Å². The molecule has 5 heteroatoms. The van der Waals surface area contributed by atoms with Crippen molar-refractivity contribution in [3.63, 3.8) is 0 Å². The quantitative estimate of drug-likeness (QED) is 0.773. The van der Waals surface area contributed by atoms with Gasteiger partial charge in [-0.15, -0.1) is 11.3 Å². The van der Waals surface area contributed by atoms with Gasteiger partial charge in [-0.1, -0.05) is 13.8 Å². The van der Waals surface area contributed by atoms with Crippen molar-refractivity contribution in [3.05, 3.63) is 11.6 Å². The van der Waals surface area contributed by atoms with Crippen molar-refractivity contribution in [2.24, 2.45) is 5.92 Å². The van der Waals surface area contributed by atoms with Crippen molar-refractivity contribution < 1.29 is 9.59 Å². The van der Waals surface area contributed by atoms with E-state index in [1.165, 1.54) is 11.3 Å². The maximum absolute atomic E-state index is 11.3. The number of nitrogens with one attached hydrogen (secondary N) is 1. The van der Waals surface area contributed by atoms with Crippen LogP contribution in [-0.4, -0.2) is 16.7 Å². The molecule has 1 aromatic heterocycles. The van der Waals surface area contributed by atoms with Crippen LogP contribution in [0.25, 0.3) is 0 Å². The molecule has 1 rings (SSSR count). The van der Waals surface area contributed by atoms with E-state index in [4.69, 9.17) is 0 Å². The Hall–Kier alpha value is -1.23. The number of carbonyl (C=O) groups is 2. The average molecular weight is 212 g/mol. The highest BCUT2D eigenvalue weighted by molar-refractivity contribution is 7.13. The summed E-state index contributed by atoms with van der Waals surface area (Å²) < 4.78 is 0. The SMILES string of the molecule is CC(C)C(=O)CC(=O)Nc1nccs1. The predicted molar refractivity (Wildman–Crippen MR) is 55.2 cm³/mol. The van der Waals surface area contributed by atoms with E-state index in [0.29, 0.717) is 5.13 Å². The topological polar surface area (TPSA) is 59.1 Å². The average Bonchev–Trinajstić information content (AvgIpc) is 2.56. The van der Waals surface area contributed by atoms with Crippen molar-refractivity contribution in [2.45, 2.75) is 20.3 Å². The summed E-state index contributed by atoms with van der Waals surface area (Å²) in [6.45, 7) is 3.55. The number of thiazole rings is 1. The molecule has 0 saturated heterocycles. The van der Waals surface area contributed by atoms with Gasteiger partial charge in [-0.3, -0.25) is 9.59 Å². The third kappa shape index (κ3) is 3.26. The number of amides is 1. The third-order valence-electron chi connectivity index (χ3n) is 1.66. The second kappa shape index (κ2) is 4.85. The summed E-state index contributed by atoms with van der Waals surface area (Å²) in [6.07, 6.45) is 1.53. The molecule has 0 bridgehead atoms. The Bertz CT molecular complexity index is 320. The van der Waals surface area contributed by atoms with Crippen LogP contribution in [-0.2, 0) is 9.59 Å². The molecule has 1 aromatic rings. The zero-order chi connectivity index (χ0) is 10.6. The van der Waals surface area contributed by atoms with Crippen molar-refractivity contribution in [1.29, 1.82) is 0 Å². The van der Waals surface area contributed by atoms with E-state index in [0.717, 1.165) is 0 Å². The highest BCUT2D eigenvalue weighted by atomic mass is 32.1. The number of aromatic nitrogens is 1. The molecule has 1 N–H and O–H groups in total. The predicted octanol–water partition coefficient (Wildman–Crippen LogP) is 1.70. The van der Waals surface area contributed by atoms with Crippen LogP contribution in [0, 0.1) is 5.92 Å². The Morgan fingerprint density at radius 1 is 1.57 bits per heavy atom. The van der Waals surface area contributed by atoms with Crippen LogP contribution in [0.15, 0.2) is 11.6 Å². The maximum Gasteiger partial charge on any atom is 0.233 e. The Labute approximate surface area is 86.4 Å². The van der Waals surface area contributed by atoms with Crippen LogP contribution in [0.3, 0.4) is 0 Å². The van der Waals surface area contributed by atoms with Crippen LogP contribution in [0.4, 0.5) is 5.13 Å². The number of nitrogens with zero attached hydrogens (tertiary/aromatic N) is 1. The first-order chi connectivity index (χ1) is 6.59. The summed E-state index contributed by atoms with van der Waals surface area (Å²) in [5.41, 5.74) is 0. The van der Waals surface area contributed by atoms with Crippen molar-refractivity contribution in [1.82, 2.24) is 4.98 Å². The van der Waals surface area contributed by atoms with E-state index in [-0.39, 0.29) is 24.0 Å². The first-order valence-corrected chi connectivity index (χ1v) is 5.19. The molecule has 1 amide bonds. The molecule has 14 heavy (non-hydrogen) atoms. The van der Waals surface area contributed by atoms with Gasteiger partial charge in [-0.2, -0.15) is 0 Å². The standard InChI is InChI=1S/C9H12N2O2S/c1-6(2)7(12)5-8(13)11-9-10-3-4-14-9/h3-4,6H,5H2,1-2H3,(H,10,11,13). The Morgan fingerprint density at radius 3 is 2.79 bits per heavy atom. The monoisotopic (exact) mass is 212 g/mol. The van der Waals surface area contributed by atoms with Gasteiger partial charge < -0.3 is 5.32 Å². The molecule has 0 aliphatic carbocycles. The van der Waals surface area contributed by atoms with Gasteiger partial charge in [-0.05, 0) is 0 Å². The molecule has 0 spiro atoms. The van der Waals surface area contributed by atoms with Gasteiger partial charge in [0.15, 0.2) is 5.13 Å². The molecular weight excluding hydrogens is 200 g/mol. The van der Waals surface area contributed by atoms with Crippen LogP contribution < -0.4 is 5.32 Å². The van der Waals surface area contributed by atoms with E-state index in [1.54, 1.807) is 25.4 Å². The third-order valence-corrected chi connectivity index (χ3v) is 2.35. The Kier molecular flexibility index (Phi) is 3.76. The van der Waals surface area contributed by atoms with Crippen molar-refractivity contribution in [2.75, 3.05) is 5.32 Å². The van der Waals surface area contributed by atoms with Crippen LogP contribution >= 0.6 is 11.3 Å². The van der Waals surface area contributed by atoms with Crippen molar-refractivity contribution in [3.8, 4) is 0 Å². The van der Waals surface area contributed by atoms with E-state index in [1.807, 2.05) is 0 Å². The molecule has 76 valence electrons. The molecule has 0 aromatic carbocycles. The fourth-order valence-electron chi connectivity index (χ4n) is 0.811. The molecule has 0 saturated carbocycles. The van der Waals surface area contributed by atoms with Crippen LogP contribution in [0.5, 0.6) is 0 Å². The van der Waals surface area contributed by atoms with E-state index < -0.39 is 0 Å². The minimum Gasteiger partial charge on any atom is -0.302 e. The van der Waals surface area contributed by atoms with Gasteiger partial charge in [0.1, 0.15) is 5.78 Å². The second-order valence-corrected chi connectivity index (χ2v) is 4.08. The summed E-state index contributed by atoms with van der Waals surface area (Å²) in [7, 11) is 0. The number of rotatable bonds is 4. The number of anilines is 1. The fraction of sp³-hybridized carbons (Fsp3) is 0.444. The minimum absolute atomic E-state index is 0.0564. The van der Waals surface area contributed by atoms with E-state index in [2.05, 4.69) is 10.3 Å². The molecule has 0 aliphatic heterocycles. The number of carbonyl (C=O) groups excluding carboxylic acids is 2. The first-order valence-electron chi connectivity index (χ1n) is 4.31. The number of ketones is 1. The first kappa shape index (κ1) is 10.8. The fourth-order valence-corrected chi connectivity index (χ4v) is 1.36. The number of hydrogen-bond acceptors (Lipinski definition) is 4. The minimum atomic E-state index is -0.293. The number of hydrogen-bond donors (Lipinski definition) is 1. The van der Waals surface area contributed by atoms with Gasteiger partial charge in [0.25, 0.3) is 0 Å². The maximum atomic E-state index is 11.3. The lowest BCUT2D eigenvalue weighted by Gasteiger charge is -2.03. The molecule has 0 unspecified atom stereocenters.